The molecule has 1 atom stereocenters. The first-order valence-electron chi connectivity index (χ1n) is 8.71. The van der Waals surface area contributed by atoms with Crippen LogP contribution in [0.3, 0.4) is 0 Å². The van der Waals surface area contributed by atoms with Crippen molar-refractivity contribution in [1.29, 1.82) is 0 Å². The van der Waals surface area contributed by atoms with Crippen molar-refractivity contribution in [2.75, 3.05) is 0 Å². The van der Waals surface area contributed by atoms with Gasteiger partial charge in [-0.25, -0.2) is 0 Å². The second-order valence-corrected chi connectivity index (χ2v) is 9.23. The van der Waals surface area contributed by atoms with Gasteiger partial charge in [-0.1, -0.05) is 0 Å². The molecule has 0 bridgehead atoms. The molecule has 120 valence electrons. The Morgan fingerprint density at radius 3 is 1.71 bits per heavy atom. The third kappa shape index (κ3) is 2.73. The van der Waals surface area contributed by atoms with Crippen molar-refractivity contribution in [1.82, 2.24) is 0 Å². The van der Waals surface area contributed by atoms with E-state index in [1.165, 1.54) is 34.9 Å². The molecule has 0 saturated carbocycles. The van der Waals surface area contributed by atoms with Crippen LogP contribution in [0.25, 0.3) is 0 Å². The van der Waals surface area contributed by atoms with Gasteiger partial charge < -0.3 is 0 Å². The molecule has 1 fully saturated rings. The molecule has 1 heterocycles. The molecule has 0 nitrogen and oxygen atoms in total. The quantitative estimate of drug-likeness (QED) is 0.519. The monoisotopic (exact) mass is 378 g/mol. The average molecular weight is 377 g/mol. The van der Waals surface area contributed by atoms with Crippen molar-refractivity contribution in [2.24, 2.45) is 0 Å². The Balaban J connectivity index is 1.94. The van der Waals surface area contributed by atoms with Crippen LogP contribution in [-0.2, 0) is 4.31 Å². The zero-order chi connectivity index (χ0) is 16.2. The molecule has 1 aliphatic rings. The molecule has 0 N–H and O–H groups in total. The summed E-state index contributed by atoms with van der Waals surface area (Å²) in [6, 6.07) is 33.6. The van der Waals surface area contributed by atoms with E-state index in [4.69, 9.17) is 0 Å². The first kappa shape index (κ1) is 15.7. The van der Waals surface area contributed by atoms with Gasteiger partial charge in [0.25, 0.3) is 0 Å². The van der Waals surface area contributed by atoms with Crippen molar-refractivity contribution in [3.63, 3.8) is 0 Å². The third-order valence-electron chi connectivity index (χ3n) is 5.06. The molecular formula is C23H22Se. The fourth-order valence-electron chi connectivity index (χ4n) is 4.02. The Hall–Kier alpha value is -1.82. The fraction of sp³-hybridized carbons (Fsp3) is 0.217. The molecule has 24 heavy (non-hydrogen) atoms. The molecule has 1 heteroatoms. The summed E-state index contributed by atoms with van der Waals surface area (Å²) in [5.41, 5.74) is 4.47. The molecule has 0 spiro atoms. The SMILES string of the molecule is c1ccc(C2CCC[Se]C2(c2ccccc2)c2ccccc2)cc1. The average Bonchev–Trinajstić information content (AvgIpc) is 2.70. The Labute approximate surface area is 151 Å². The van der Waals surface area contributed by atoms with Crippen LogP contribution in [-0.4, -0.2) is 15.0 Å². The fourth-order valence-corrected chi connectivity index (χ4v) is 7.57. The van der Waals surface area contributed by atoms with Gasteiger partial charge >= 0.3 is 151 Å². The molecule has 0 aliphatic carbocycles. The molecule has 1 aliphatic heterocycles. The Morgan fingerprint density at radius 1 is 0.667 bits per heavy atom. The summed E-state index contributed by atoms with van der Waals surface area (Å²) in [5.74, 6) is 0.567. The van der Waals surface area contributed by atoms with Gasteiger partial charge in [-0.2, -0.15) is 0 Å². The Kier molecular flexibility index (Phi) is 4.56. The van der Waals surface area contributed by atoms with Crippen LogP contribution in [0.15, 0.2) is 91.0 Å². The van der Waals surface area contributed by atoms with Gasteiger partial charge in [0.2, 0.25) is 0 Å². The summed E-state index contributed by atoms with van der Waals surface area (Å²) in [6.45, 7) is 0. The van der Waals surface area contributed by atoms with E-state index in [1.54, 1.807) is 0 Å². The summed E-state index contributed by atoms with van der Waals surface area (Å²) >= 11 is 0.550. The van der Waals surface area contributed by atoms with Crippen molar-refractivity contribution >= 4 is 15.0 Å². The molecule has 0 aromatic heterocycles. The van der Waals surface area contributed by atoms with E-state index >= 15 is 0 Å². The van der Waals surface area contributed by atoms with Crippen LogP contribution in [0.1, 0.15) is 35.4 Å². The zero-order valence-corrected chi connectivity index (χ0v) is 15.5. The maximum absolute atomic E-state index is 2.34. The molecule has 3 aromatic carbocycles. The van der Waals surface area contributed by atoms with Gasteiger partial charge in [-0.05, 0) is 0 Å². The molecular weight excluding hydrogens is 355 g/mol. The minimum atomic E-state index is 0.148. The Morgan fingerprint density at radius 2 is 1.17 bits per heavy atom. The maximum atomic E-state index is 2.34. The van der Waals surface area contributed by atoms with Crippen molar-refractivity contribution in [3.05, 3.63) is 108 Å². The van der Waals surface area contributed by atoms with Gasteiger partial charge in [-0.15, -0.1) is 0 Å². The molecule has 1 saturated heterocycles. The third-order valence-corrected chi connectivity index (χ3v) is 8.64. The summed E-state index contributed by atoms with van der Waals surface area (Å²) in [6.07, 6.45) is 2.62. The predicted molar refractivity (Wildman–Crippen MR) is 103 cm³/mol. The standard InChI is InChI=1S/C23H22Se/c1-4-11-19(12-5-1)22-17-10-18-24-23(22,20-13-6-2-7-14-20)21-15-8-3-9-16-21/h1-9,11-16,22H,10,17-18H2. The second kappa shape index (κ2) is 6.97. The zero-order valence-electron chi connectivity index (χ0n) is 13.8. The molecule has 1 unspecified atom stereocenters. The first-order chi connectivity index (χ1) is 11.9. The number of hydrogen-bond donors (Lipinski definition) is 0. The molecule has 3 aromatic rings. The summed E-state index contributed by atoms with van der Waals surface area (Å²) in [7, 11) is 0. The first-order valence-corrected chi connectivity index (χ1v) is 10.8. The summed E-state index contributed by atoms with van der Waals surface area (Å²) in [5, 5.41) is 1.36. The van der Waals surface area contributed by atoms with Crippen LogP contribution in [0.4, 0.5) is 0 Å². The summed E-state index contributed by atoms with van der Waals surface area (Å²) < 4.78 is 0.148. The minimum absolute atomic E-state index is 0.148. The van der Waals surface area contributed by atoms with E-state index in [0.717, 1.165) is 0 Å². The Bertz CT molecular complexity index is 725. The van der Waals surface area contributed by atoms with E-state index in [9.17, 15) is 0 Å². The van der Waals surface area contributed by atoms with Gasteiger partial charge in [-0.3, -0.25) is 0 Å². The second-order valence-electron chi connectivity index (χ2n) is 6.42. The van der Waals surface area contributed by atoms with E-state index in [0.29, 0.717) is 20.9 Å². The van der Waals surface area contributed by atoms with Crippen LogP contribution < -0.4 is 0 Å². The van der Waals surface area contributed by atoms with Gasteiger partial charge in [0, 0.05) is 0 Å². The predicted octanol–water partition coefficient (Wildman–Crippen LogP) is 5.63. The van der Waals surface area contributed by atoms with E-state index in [-0.39, 0.29) is 4.31 Å². The van der Waals surface area contributed by atoms with Gasteiger partial charge in [0.05, 0.1) is 0 Å². The van der Waals surface area contributed by atoms with Crippen LogP contribution >= 0.6 is 0 Å². The van der Waals surface area contributed by atoms with Gasteiger partial charge in [0.15, 0.2) is 0 Å². The molecule has 4 rings (SSSR count). The molecule has 0 amide bonds. The van der Waals surface area contributed by atoms with E-state index < -0.39 is 0 Å². The normalized spacial score (nSPS) is 19.8. The number of hydrogen-bond acceptors (Lipinski definition) is 0. The van der Waals surface area contributed by atoms with E-state index in [1.807, 2.05) is 0 Å². The van der Waals surface area contributed by atoms with Crippen LogP contribution in [0.2, 0.25) is 5.32 Å². The number of rotatable bonds is 3. The topological polar surface area (TPSA) is 0 Å². The van der Waals surface area contributed by atoms with Gasteiger partial charge in [0.1, 0.15) is 0 Å². The van der Waals surface area contributed by atoms with Crippen LogP contribution in [0.5, 0.6) is 0 Å². The van der Waals surface area contributed by atoms with E-state index in [2.05, 4.69) is 91.0 Å². The molecule has 0 radical (unpaired) electrons. The van der Waals surface area contributed by atoms with Crippen molar-refractivity contribution < 1.29 is 0 Å². The van der Waals surface area contributed by atoms with Crippen molar-refractivity contribution in [2.45, 2.75) is 28.4 Å². The van der Waals surface area contributed by atoms with Crippen molar-refractivity contribution in [3.8, 4) is 0 Å². The summed E-state index contributed by atoms with van der Waals surface area (Å²) in [4.78, 5) is 0. The number of benzene rings is 3. The van der Waals surface area contributed by atoms with Crippen LogP contribution in [0, 0.1) is 0 Å².